The van der Waals surface area contributed by atoms with Crippen LogP contribution in [0.5, 0.6) is 0 Å². The highest BCUT2D eigenvalue weighted by Crippen LogP contribution is 2.16. The number of sulfonamides is 1. The van der Waals surface area contributed by atoms with Crippen molar-refractivity contribution in [2.45, 2.75) is 38.3 Å². The predicted molar refractivity (Wildman–Crippen MR) is 88.0 cm³/mol. The third-order valence-corrected chi connectivity index (χ3v) is 5.38. The topological polar surface area (TPSA) is 92.5 Å². The number of amides is 1. The molecule has 0 radical (unpaired) electrons. The van der Waals surface area contributed by atoms with Crippen molar-refractivity contribution in [2.24, 2.45) is 5.14 Å². The lowest BCUT2D eigenvalue weighted by atomic mass is 10.1. The molecule has 1 aliphatic rings. The number of thiophene rings is 1. The summed E-state index contributed by atoms with van der Waals surface area (Å²) in [5, 5.41) is 10.00. The van der Waals surface area contributed by atoms with Crippen LogP contribution in [-0.2, 0) is 21.4 Å². The largest absolute Gasteiger partial charge is 0.352 e. The van der Waals surface area contributed by atoms with Gasteiger partial charge in [0.2, 0.25) is 15.9 Å². The number of hydrogen-bond acceptors (Lipinski definition) is 5. The summed E-state index contributed by atoms with van der Waals surface area (Å²) in [6.07, 6.45) is 2.52. The first-order chi connectivity index (χ1) is 10.4. The van der Waals surface area contributed by atoms with Gasteiger partial charge in [0.1, 0.15) is 0 Å². The minimum absolute atomic E-state index is 0.0911. The smallest absolute Gasteiger partial charge is 0.220 e. The van der Waals surface area contributed by atoms with Gasteiger partial charge in [-0.2, -0.15) is 0 Å². The number of rotatable bonds is 7. The summed E-state index contributed by atoms with van der Waals surface area (Å²) in [5.74, 6) is -0.234. The third-order valence-electron chi connectivity index (χ3n) is 3.66. The third kappa shape index (κ3) is 6.43. The molecule has 1 fully saturated rings. The van der Waals surface area contributed by atoms with Crippen molar-refractivity contribution >= 4 is 27.3 Å². The average Bonchev–Trinajstić information content (AvgIpc) is 2.90. The summed E-state index contributed by atoms with van der Waals surface area (Å²) in [6.45, 7) is 2.82. The molecule has 22 heavy (non-hydrogen) atoms. The Hall–Kier alpha value is -0.960. The summed E-state index contributed by atoms with van der Waals surface area (Å²) >= 11 is 1.75. The van der Waals surface area contributed by atoms with Gasteiger partial charge in [-0.15, -0.1) is 11.3 Å². The van der Waals surface area contributed by atoms with Crippen molar-refractivity contribution in [3.05, 3.63) is 22.4 Å². The van der Waals surface area contributed by atoms with Gasteiger partial charge in [-0.05, 0) is 37.3 Å². The molecule has 0 spiro atoms. The number of primary sulfonamides is 1. The number of nitrogens with one attached hydrogen (secondary N) is 1. The van der Waals surface area contributed by atoms with E-state index in [4.69, 9.17) is 5.14 Å². The SMILES string of the molecule is NS(=O)(=O)CCCC(=O)NC1CCCN(Cc2cccs2)C1. The fourth-order valence-corrected chi connectivity index (χ4v) is 3.97. The van der Waals surface area contributed by atoms with E-state index in [9.17, 15) is 13.2 Å². The summed E-state index contributed by atoms with van der Waals surface area (Å²) in [6, 6.07) is 4.32. The van der Waals surface area contributed by atoms with Crippen molar-refractivity contribution in [2.75, 3.05) is 18.8 Å². The second-order valence-corrected chi connectivity index (χ2v) is 8.46. The van der Waals surface area contributed by atoms with Crippen LogP contribution in [0, 0.1) is 0 Å². The van der Waals surface area contributed by atoms with E-state index < -0.39 is 10.0 Å². The van der Waals surface area contributed by atoms with Gasteiger partial charge >= 0.3 is 0 Å². The molecule has 1 saturated heterocycles. The van der Waals surface area contributed by atoms with Crippen LogP contribution in [0.4, 0.5) is 0 Å². The second kappa shape index (κ2) is 8.05. The van der Waals surface area contributed by atoms with Gasteiger partial charge in [0.15, 0.2) is 0 Å². The highest BCUT2D eigenvalue weighted by Gasteiger charge is 2.21. The molecule has 6 nitrogen and oxygen atoms in total. The number of nitrogens with two attached hydrogens (primary N) is 1. The lowest BCUT2D eigenvalue weighted by molar-refractivity contribution is -0.122. The molecule has 2 rings (SSSR count). The minimum atomic E-state index is -3.48. The standard InChI is InChI=1S/C14H23N3O3S2/c15-22(19,20)9-3-6-14(18)16-12-4-1-7-17(10-12)11-13-5-2-8-21-13/h2,5,8,12H,1,3-4,6-7,9-11H2,(H,16,18)(H2,15,19,20). The Kier molecular flexibility index (Phi) is 6.37. The van der Waals surface area contributed by atoms with E-state index in [-0.39, 0.29) is 30.5 Å². The monoisotopic (exact) mass is 345 g/mol. The summed E-state index contributed by atoms with van der Waals surface area (Å²) < 4.78 is 21.7. The van der Waals surface area contributed by atoms with Crippen LogP contribution in [0.1, 0.15) is 30.6 Å². The van der Waals surface area contributed by atoms with Gasteiger partial charge in [0, 0.05) is 30.4 Å². The minimum Gasteiger partial charge on any atom is -0.352 e. The number of piperidine rings is 1. The van der Waals surface area contributed by atoms with E-state index in [0.717, 1.165) is 32.5 Å². The fraction of sp³-hybridized carbons (Fsp3) is 0.643. The highest BCUT2D eigenvalue weighted by molar-refractivity contribution is 7.89. The van der Waals surface area contributed by atoms with Crippen molar-refractivity contribution in [1.82, 2.24) is 10.2 Å². The zero-order valence-corrected chi connectivity index (χ0v) is 14.2. The predicted octanol–water partition coefficient (Wildman–Crippen LogP) is 0.897. The Morgan fingerprint density at radius 3 is 3.00 bits per heavy atom. The maximum atomic E-state index is 11.9. The van der Waals surface area contributed by atoms with Crippen LogP contribution in [-0.4, -0.2) is 44.1 Å². The quantitative estimate of drug-likeness (QED) is 0.768. The molecule has 2 heterocycles. The Labute approximate surface area is 135 Å². The molecule has 1 atom stereocenters. The van der Waals surface area contributed by atoms with Crippen LogP contribution in [0.25, 0.3) is 0 Å². The summed E-state index contributed by atoms with van der Waals surface area (Å²) in [4.78, 5) is 15.5. The second-order valence-electron chi connectivity index (χ2n) is 5.69. The summed E-state index contributed by atoms with van der Waals surface area (Å²) in [7, 11) is -3.48. The molecular weight excluding hydrogens is 322 g/mol. The molecule has 1 amide bonds. The molecule has 1 unspecified atom stereocenters. The Balaban J connectivity index is 1.71. The molecule has 1 aromatic heterocycles. The molecule has 8 heteroatoms. The van der Waals surface area contributed by atoms with Crippen molar-refractivity contribution < 1.29 is 13.2 Å². The lowest BCUT2D eigenvalue weighted by Gasteiger charge is -2.32. The zero-order valence-electron chi connectivity index (χ0n) is 12.5. The highest BCUT2D eigenvalue weighted by atomic mass is 32.2. The van der Waals surface area contributed by atoms with E-state index in [1.807, 2.05) is 0 Å². The van der Waals surface area contributed by atoms with Crippen molar-refractivity contribution in [3.8, 4) is 0 Å². The zero-order chi connectivity index (χ0) is 16.0. The van der Waals surface area contributed by atoms with E-state index in [0.29, 0.717) is 0 Å². The van der Waals surface area contributed by atoms with Crippen LogP contribution in [0.15, 0.2) is 17.5 Å². The van der Waals surface area contributed by atoms with Crippen LogP contribution in [0.3, 0.4) is 0 Å². The first-order valence-electron chi connectivity index (χ1n) is 7.47. The molecule has 0 saturated carbocycles. The van der Waals surface area contributed by atoms with Crippen molar-refractivity contribution in [3.63, 3.8) is 0 Å². The van der Waals surface area contributed by atoms with Gasteiger partial charge < -0.3 is 5.32 Å². The fourth-order valence-electron chi connectivity index (χ4n) is 2.67. The Morgan fingerprint density at radius 1 is 1.50 bits per heavy atom. The van der Waals surface area contributed by atoms with Gasteiger partial charge in [-0.1, -0.05) is 6.07 Å². The van der Waals surface area contributed by atoms with Crippen LogP contribution >= 0.6 is 11.3 Å². The number of carbonyl (C=O) groups is 1. The lowest BCUT2D eigenvalue weighted by Crippen LogP contribution is -2.47. The number of likely N-dealkylation sites (tertiary alicyclic amines) is 1. The first-order valence-corrected chi connectivity index (χ1v) is 10.1. The first kappa shape index (κ1) is 17.4. The number of nitrogens with zero attached hydrogens (tertiary/aromatic N) is 1. The molecule has 3 N–H and O–H groups in total. The van der Waals surface area contributed by atoms with E-state index >= 15 is 0 Å². The van der Waals surface area contributed by atoms with Gasteiger partial charge in [0.25, 0.3) is 0 Å². The summed E-state index contributed by atoms with van der Waals surface area (Å²) in [5.41, 5.74) is 0. The normalized spacial score (nSPS) is 20.0. The molecular formula is C14H23N3O3S2. The van der Waals surface area contributed by atoms with Gasteiger partial charge in [-0.25, -0.2) is 13.6 Å². The maximum Gasteiger partial charge on any atom is 0.220 e. The molecule has 0 aromatic carbocycles. The maximum absolute atomic E-state index is 11.9. The molecule has 1 aromatic rings. The van der Waals surface area contributed by atoms with E-state index in [2.05, 4.69) is 27.7 Å². The Bertz CT molecular complexity index is 572. The molecule has 0 bridgehead atoms. The van der Waals surface area contributed by atoms with E-state index in [1.54, 1.807) is 11.3 Å². The molecule has 1 aliphatic heterocycles. The Morgan fingerprint density at radius 2 is 2.32 bits per heavy atom. The average molecular weight is 345 g/mol. The molecule has 124 valence electrons. The van der Waals surface area contributed by atoms with Crippen LogP contribution in [0.2, 0.25) is 0 Å². The van der Waals surface area contributed by atoms with Gasteiger partial charge in [-0.3, -0.25) is 9.69 Å². The van der Waals surface area contributed by atoms with Gasteiger partial charge in [0.05, 0.1) is 5.75 Å². The number of carbonyl (C=O) groups excluding carboxylic acids is 1. The van der Waals surface area contributed by atoms with Crippen LogP contribution < -0.4 is 10.5 Å². The van der Waals surface area contributed by atoms with Crippen molar-refractivity contribution in [1.29, 1.82) is 0 Å². The number of hydrogen-bond donors (Lipinski definition) is 2. The molecule has 0 aliphatic carbocycles. The van der Waals surface area contributed by atoms with E-state index in [1.165, 1.54) is 4.88 Å².